The molecule has 0 bridgehead atoms. The van der Waals surface area contributed by atoms with Crippen molar-refractivity contribution in [2.24, 2.45) is 7.05 Å². The number of fused-ring (bicyclic) bond motifs is 1. The van der Waals surface area contributed by atoms with Crippen LogP contribution >= 0.6 is 11.6 Å². The van der Waals surface area contributed by atoms with Crippen LogP contribution in [0.1, 0.15) is 0 Å². The van der Waals surface area contributed by atoms with Crippen molar-refractivity contribution >= 4 is 22.6 Å². The second kappa shape index (κ2) is 6.38. The van der Waals surface area contributed by atoms with Crippen LogP contribution < -0.4 is 9.30 Å². The Morgan fingerprint density at radius 3 is 2.68 bits per heavy atom. The fraction of sp³-hybridized carbons (Fsp3) is 0.235. The Bertz CT molecular complexity index is 768. The van der Waals surface area contributed by atoms with E-state index in [1.807, 2.05) is 40.7 Å². The molecule has 0 aliphatic rings. The zero-order chi connectivity index (χ0) is 15.5. The van der Waals surface area contributed by atoms with Crippen LogP contribution in [-0.2, 0) is 13.6 Å². The van der Waals surface area contributed by atoms with E-state index in [4.69, 9.17) is 16.3 Å². The predicted octanol–water partition coefficient (Wildman–Crippen LogP) is 2.56. The summed E-state index contributed by atoms with van der Waals surface area (Å²) in [6, 6.07) is 15.2. The molecule has 0 saturated carbocycles. The Balaban J connectivity index is 1.65. The van der Waals surface area contributed by atoms with Gasteiger partial charge >= 0.3 is 0 Å². The number of para-hydroxylation sites is 2. The molecular formula is C17H18ClN2O2+. The summed E-state index contributed by atoms with van der Waals surface area (Å²) in [5.41, 5.74) is 2.23. The third kappa shape index (κ3) is 3.24. The van der Waals surface area contributed by atoms with Crippen molar-refractivity contribution in [1.29, 1.82) is 0 Å². The van der Waals surface area contributed by atoms with Gasteiger partial charge in [-0.25, -0.2) is 9.13 Å². The van der Waals surface area contributed by atoms with E-state index in [2.05, 4.69) is 6.07 Å². The Hall–Kier alpha value is -2.04. The Kier molecular flexibility index (Phi) is 4.32. The first-order valence-electron chi connectivity index (χ1n) is 7.13. The zero-order valence-corrected chi connectivity index (χ0v) is 13.1. The normalized spacial score (nSPS) is 12.5. The summed E-state index contributed by atoms with van der Waals surface area (Å²) in [5.74, 6) is 0.700. The first-order chi connectivity index (χ1) is 10.6. The number of aliphatic hydroxyl groups is 1. The van der Waals surface area contributed by atoms with Crippen molar-refractivity contribution in [2.75, 3.05) is 6.61 Å². The first kappa shape index (κ1) is 14.9. The molecule has 0 radical (unpaired) electrons. The molecule has 1 heterocycles. The molecule has 114 valence electrons. The van der Waals surface area contributed by atoms with Crippen molar-refractivity contribution < 1.29 is 14.4 Å². The first-order valence-corrected chi connectivity index (χ1v) is 7.51. The minimum atomic E-state index is -0.591. The second-order valence-corrected chi connectivity index (χ2v) is 5.72. The van der Waals surface area contributed by atoms with Crippen LogP contribution in [0.4, 0.5) is 0 Å². The summed E-state index contributed by atoms with van der Waals surface area (Å²) >= 11 is 5.83. The SMILES string of the molecule is C[n+]1cn(C[C@H](O)COc2ccc(Cl)cc2)c2ccccc21. The molecule has 1 N–H and O–H groups in total. The van der Waals surface area contributed by atoms with E-state index in [0.29, 0.717) is 17.3 Å². The summed E-state index contributed by atoms with van der Waals surface area (Å²) < 4.78 is 9.66. The van der Waals surface area contributed by atoms with Crippen molar-refractivity contribution in [3.8, 4) is 5.75 Å². The number of aromatic nitrogens is 2. The number of imidazole rings is 1. The highest BCUT2D eigenvalue weighted by Gasteiger charge is 2.16. The third-order valence-corrected chi connectivity index (χ3v) is 3.80. The van der Waals surface area contributed by atoms with E-state index in [0.717, 1.165) is 11.0 Å². The van der Waals surface area contributed by atoms with Crippen molar-refractivity contribution in [3.05, 3.63) is 59.9 Å². The molecule has 0 unspecified atom stereocenters. The highest BCUT2D eigenvalue weighted by molar-refractivity contribution is 6.30. The molecule has 0 fully saturated rings. The molecule has 3 rings (SSSR count). The lowest BCUT2D eigenvalue weighted by Crippen LogP contribution is -2.27. The lowest BCUT2D eigenvalue weighted by Gasteiger charge is -2.11. The maximum Gasteiger partial charge on any atom is 0.244 e. The monoisotopic (exact) mass is 317 g/mol. The quantitative estimate of drug-likeness (QED) is 0.735. The van der Waals surface area contributed by atoms with Crippen LogP contribution in [0, 0.1) is 0 Å². The van der Waals surface area contributed by atoms with Crippen LogP contribution in [0.25, 0.3) is 11.0 Å². The summed E-state index contributed by atoms with van der Waals surface area (Å²) in [5, 5.41) is 10.9. The van der Waals surface area contributed by atoms with E-state index in [9.17, 15) is 5.11 Å². The molecule has 0 spiro atoms. The smallest absolute Gasteiger partial charge is 0.244 e. The molecule has 1 aromatic heterocycles. The van der Waals surface area contributed by atoms with Crippen LogP contribution in [0.15, 0.2) is 54.9 Å². The number of halogens is 1. The number of ether oxygens (including phenoxy) is 1. The molecule has 0 aliphatic carbocycles. The van der Waals surface area contributed by atoms with Crippen LogP contribution in [0.3, 0.4) is 0 Å². The third-order valence-electron chi connectivity index (χ3n) is 3.55. The van der Waals surface area contributed by atoms with Gasteiger partial charge in [-0.15, -0.1) is 0 Å². The van der Waals surface area contributed by atoms with Crippen molar-refractivity contribution in [1.82, 2.24) is 4.57 Å². The molecule has 0 amide bonds. The minimum absolute atomic E-state index is 0.234. The maximum atomic E-state index is 10.2. The van der Waals surface area contributed by atoms with Crippen molar-refractivity contribution in [3.63, 3.8) is 0 Å². The average molecular weight is 318 g/mol. The molecule has 2 aromatic carbocycles. The summed E-state index contributed by atoms with van der Waals surface area (Å²) in [6.45, 7) is 0.715. The van der Waals surface area contributed by atoms with Gasteiger partial charge in [0, 0.05) is 5.02 Å². The maximum absolute atomic E-state index is 10.2. The van der Waals surface area contributed by atoms with Gasteiger partial charge in [-0.3, -0.25) is 0 Å². The zero-order valence-electron chi connectivity index (χ0n) is 12.3. The molecule has 5 heteroatoms. The lowest BCUT2D eigenvalue weighted by molar-refractivity contribution is -0.645. The topological polar surface area (TPSA) is 38.3 Å². The van der Waals surface area contributed by atoms with E-state index < -0.39 is 6.10 Å². The number of aryl methyl sites for hydroxylation is 1. The largest absolute Gasteiger partial charge is 0.491 e. The number of benzene rings is 2. The van der Waals surface area contributed by atoms with Crippen molar-refractivity contribution in [2.45, 2.75) is 12.6 Å². The number of nitrogens with zero attached hydrogens (tertiary/aromatic N) is 2. The number of hydrogen-bond acceptors (Lipinski definition) is 2. The van der Waals surface area contributed by atoms with Gasteiger partial charge in [-0.1, -0.05) is 23.7 Å². The molecule has 1 atom stereocenters. The highest BCUT2D eigenvalue weighted by atomic mass is 35.5. The van der Waals surface area contributed by atoms with E-state index in [1.165, 1.54) is 0 Å². The number of rotatable bonds is 5. The molecule has 0 aliphatic heterocycles. The van der Waals surface area contributed by atoms with Gasteiger partial charge in [-0.2, -0.15) is 0 Å². The molecule has 4 nitrogen and oxygen atoms in total. The molecule has 0 saturated heterocycles. The Morgan fingerprint density at radius 2 is 1.91 bits per heavy atom. The van der Waals surface area contributed by atoms with Gasteiger partial charge in [0.2, 0.25) is 6.33 Å². The summed E-state index contributed by atoms with van der Waals surface area (Å²) in [4.78, 5) is 0. The lowest BCUT2D eigenvalue weighted by atomic mass is 10.3. The Labute approximate surface area is 134 Å². The summed E-state index contributed by atoms with van der Waals surface area (Å²) in [6.07, 6.45) is 1.39. The van der Waals surface area contributed by atoms with E-state index >= 15 is 0 Å². The predicted molar refractivity (Wildman–Crippen MR) is 86.1 cm³/mol. The van der Waals surface area contributed by atoms with Gasteiger partial charge in [0.1, 0.15) is 25.0 Å². The second-order valence-electron chi connectivity index (χ2n) is 5.29. The summed E-state index contributed by atoms with van der Waals surface area (Å²) in [7, 11) is 2.00. The van der Waals surface area contributed by atoms with E-state index in [-0.39, 0.29) is 6.61 Å². The highest BCUT2D eigenvalue weighted by Crippen LogP contribution is 2.16. The fourth-order valence-corrected chi connectivity index (χ4v) is 2.61. The van der Waals surface area contributed by atoms with E-state index in [1.54, 1.807) is 24.3 Å². The van der Waals surface area contributed by atoms with Gasteiger partial charge in [0.15, 0.2) is 11.0 Å². The number of aliphatic hydroxyl groups excluding tert-OH is 1. The van der Waals surface area contributed by atoms with Gasteiger partial charge in [0.25, 0.3) is 0 Å². The molecular weight excluding hydrogens is 300 g/mol. The standard InChI is InChI=1S/C17H18ClN2O2/c1-19-12-20(17-5-3-2-4-16(17)19)10-14(21)11-22-15-8-6-13(18)7-9-15/h2-9,12,14,21H,10-11H2,1H3/q+1/t14-/m0/s1. The molecule has 3 aromatic rings. The van der Waals surface area contributed by atoms with Gasteiger partial charge < -0.3 is 9.84 Å². The van der Waals surface area contributed by atoms with Gasteiger partial charge in [0.05, 0.1) is 7.05 Å². The van der Waals surface area contributed by atoms with Crippen LogP contribution in [0.2, 0.25) is 5.02 Å². The Morgan fingerprint density at radius 1 is 1.18 bits per heavy atom. The average Bonchev–Trinajstić information content (AvgIpc) is 2.83. The minimum Gasteiger partial charge on any atom is -0.491 e. The molecule has 22 heavy (non-hydrogen) atoms. The van der Waals surface area contributed by atoms with Crippen LogP contribution in [-0.4, -0.2) is 22.4 Å². The van der Waals surface area contributed by atoms with Crippen LogP contribution in [0.5, 0.6) is 5.75 Å². The van der Waals surface area contributed by atoms with Gasteiger partial charge in [-0.05, 0) is 36.4 Å². The number of hydrogen-bond donors (Lipinski definition) is 1. The fourth-order valence-electron chi connectivity index (χ4n) is 2.49.